The van der Waals surface area contributed by atoms with E-state index in [1.165, 1.54) is 20.1 Å². The predicted molar refractivity (Wildman–Crippen MR) is 65.6 cm³/mol. The Morgan fingerprint density at radius 2 is 2.05 bits per heavy atom. The largest absolute Gasteiger partial charge is 0.481 e. The van der Waals surface area contributed by atoms with Crippen molar-refractivity contribution >= 4 is 11.9 Å². The minimum atomic E-state index is -0.918. The van der Waals surface area contributed by atoms with E-state index in [9.17, 15) is 14.0 Å². The molecule has 5 heteroatoms. The molecule has 102 valence electrons. The van der Waals surface area contributed by atoms with E-state index < -0.39 is 23.2 Å². The molecule has 0 heterocycles. The standard InChI is InChI=1S/C14H15FO4/c1-8-10(13(18)19-2)5-9(6-11(8)15)14(3-4-14)7-12(16)17/h5-6H,3-4,7H2,1-2H3,(H,16,17). The molecule has 0 radical (unpaired) electrons. The first-order chi connectivity index (χ1) is 8.89. The van der Waals surface area contributed by atoms with E-state index >= 15 is 0 Å². The van der Waals surface area contributed by atoms with Crippen LogP contribution in [-0.2, 0) is 14.9 Å². The van der Waals surface area contributed by atoms with Crippen LogP contribution in [0, 0.1) is 12.7 Å². The van der Waals surface area contributed by atoms with E-state index in [1.807, 2.05) is 0 Å². The van der Waals surface area contributed by atoms with E-state index in [1.54, 1.807) is 6.07 Å². The Hall–Kier alpha value is -1.91. The highest BCUT2D eigenvalue weighted by atomic mass is 19.1. The summed E-state index contributed by atoms with van der Waals surface area (Å²) in [4.78, 5) is 22.5. The summed E-state index contributed by atoms with van der Waals surface area (Å²) >= 11 is 0. The summed E-state index contributed by atoms with van der Waals surface area (Å²) in [7, 11) is 1.23. The van der Waals surface area contributed by atoms with Gasteiger partial charge in [-0.1, -0.05) is 0 Å². The third-order valence-corrected chi connectivity index (χ3v) is 3.71. The molecule has 1 fully saturated rings. The first kappa shape index (κ1) is 13.5. The molecule has 19 heavy (non-hydrogen) atoms. The summed E-state index contributed by atoms with van der Waals surface area (Å²) in [6.07, 6.45) is 1.35. The van der Waals surface area contributed by atoms with E-state index in [4.69, 9.17) is 5.11 Å². The minimum Gasteiger partial charge on any atom is -0.481 e. The fourth-order valence-corrected chi connectivity index (χ4v) is 2.31. The second kappa shape index (κ2) is 4.64. The number of aliphatic carboxylic acids is 1. The molecule has 1 aromatic carbocycles. The molecule has 0 aromatic heterocycles. The first-order valence-electron chi connectivity index (χ1n) is 6.00. The maximum absolute atomic E-state index is 13.9. The van der Waals surface area contributed by atoms with Crippen LogP contribution < -0.4 is 0 Å². The second-order valence-corrected chi connectivity index (χ2v) is 4.97. The van der Waals surface area contributed by atoms with Gasteiger partial charge in [0.1, 0.15) is 5.82 Å². The topological polar surface area (TPSA) is 63.6 Å². The summed E-state index contributed by atoms with van der Waals surface area (Å²) in [5.74, 6) is -2.03. The number of carbonyl (C=O) groups excluding carboxylic acids is 1. The lowest BCUT2D eigenvalue weighted by Gasteiger charge is -2.16. The monoisotopic (exact) mass is 266 g/mol. The SMILES string of the molecule is COC(=O)c1cc(C2(CC(=O)O)CC2)cc(F)c1C. The minimum absolute atomic E-state index is 0.0455. The predicted octanol–water partition coefficient (Wildman–Crippen LogP) is 2.43. The molecule has 0 saturated heterocycles. The molecule has 0 unspecified atom stereocenters. The Balaban J connectivity index is 2.46. The number of hydrogen-bond acceptors (Lipinski definition) is 3. The van der Waals surface area contributed by atoms with Crippen molar-refractivity contribution in [2.24, 2.45) is 0 Å². The molecule has 2 rings (SSSR count). The van der Waals surface area contributed by atoms with Crippen LogP contribution in [0.1, 0.15) is 40.7 Å². The summed E-state index contributed by atoms with van der Waals surface area (Å²) in [6.45, 7) is 1.50. The molecule has 1 aliphatic rings. The first-order valence-corrected chi connectivity index (χ1v) is 6.00. The number of benzene rings is 1. The van der Waals surface area contributed by atoms with Crippen molar-refractivity contribution in [1.29, 1.82) is 0 Å². The highest BCUT2D eigenvalue weighted by molar-refractivity contribution is 5.91. The number of halogens is 1. The number of hydrogen-bond donors (Lipinski definition) is 1. The van der Waals surface area contributed by atoms with Crippen LogP contribution in [0.25, 0.3) is 0 Å². The molecular formula is C14H15FO4. The Morgan fingerprint density at radius 3 is 2.53 bits per heavy atom. The number of rotatable bonds is 4. The zero-order chi connectivity index (χ0) is 14.2. The van der Waals surface area contributed by atoms with Gasteiger partial charge in [0.05, 0.1) is 19.1 Å². The lowest BCUT2D eigenvalue weighted by atomic mass is 9.89. The number of esters is 1. The quantitative estimate of drug-likeness (QED) is 0.850. The lowest BCUT2D eigenvalue weighted by molar-refractivity contribution is -0.137. The molecule has 0 atom stereocenters. The molecule has 0 aliphatic heterocycles. The van der Waals surface area contributed by atoms with Crippen molar-refractivity contribution in [3.63, 3.8) is 0 Å². The summed E-state index contributed by atoms with van der Waals surface area (Å²) < 4.78 is 18.5. The Labute approximate surface area is 110 Å². The average Bonchev–Trinajstić information content (AvgIpc) is 3.11. The molecule has 0 spiro atoms. The molecule has 1 aromatic rings. The van der Waals surface area contributed by atoms with Gasteiger partial charge in [0.2, 0.25) is 0 Å². The average molecular weight is 266 g/mol. The van der Waals surface area contributed by atoms with E-state index in [0.29, 0.717) is 18.4 Å². The molecular weight excluding hydrogens is 251 g/mol. The van der Waals surface area contributed by atoms with Crippen LogP contribution in [0.15, 0.2) is 12.1 Å². The maximum atomic E-state index is 13.9. The summed E-state index contributed by atoms with van der Waals surface area (Å²) in [5, 5.41) is 8.91. The van der Waals surface area contributed by atoms with Crippen LogP contribution in [0.5, 0.6) is 0 Å². The van der Waals surface area contributed by atoms with Crippen LogP contribution in [0.2, 0.25) is 0 Å². The number of carbonyl (C=O) groups is 2. The van der Waals surface area contributed by atoms with Gasteiger partial charge in [-0.2, -0.15) is 0 Å². The van der Waals surface area contributed by atoms with Crippen molar-refractivity contribution in [3.05, 3.63) is 34.6 Å². The molecule has 1 saturated carbocycles. The van der Waals surface area contributed by atoms with Gasteiger partial charge in [-0.3, -0.25) is 4.79 Å². The van der Waals surface area contributed by atoms with Gasteiger partial charge >= 0.3 is 11.9 Å². The molecule has 4 nitrogen and oxygen atoms in total. The Bertz CT molecular complexity index is 547. The van der Waals surface area contributed by atoms with Gasteiger partial charge in [-0.25, -0.2) is 9.18 Å². The third-order valence-electron chi connectivity index (χ3n) is 3.71. The summed E-state index contributed by atoms with van der Waals surface area (Å²) in [6, 6.07) is 2.89. The third kappa shape index (κ3) is 2.45. The smallest absolute Gasteiger partial charge is 0.338 e. The van der Waals surface area contributed by atoms with Crippen molar-refractivity contribution in [2.45, 2.75) is 31.6 Å². The van der Waals surface area contributed by atoms with Gasteiger partial charge in [-0.15, -0.1) is 0 Å². The van der Waals surface area contributed by atoms with Crippen LogP contribution >= 0.6 is 0 Å². The second-order valence-electron chi connectivity index (χ2n) is 4.97. The number of methoxy groups -OCH3 is 1. The Kier molecular flexibility index (Phi) is 3.30. The van der Waals surface area contributed by atoms with Gasteiger partial charge in [0, 0.05) is 5.41 Å². The highest BCUT2D eigenvalue weighted by Gasteiger charge is 2.46. The van der Waals surface area contributed by atoms with Gasteiger partial charge in [0.25, 0.3) is 0 Å². The lowest BCUT2D eigenvalue weighted by Crippen LogP contribution is -2.15. The van der Waals surface area contributed by atoms with Crippen molar-refractivity contribution in [1.82, 2.24) is 0 Å². The fourth-order valence-electron chi connectivity index (χ4n) is 2.31. The van der Waals surface area contributed by atoms with E-state index in [2.05, 4.69) is 4.74 Å². The number of carboxylic acid groups (broad SMARTS) is 1. The van der Waals surface area contributed by atoms with Crippen LogP contribution in [0.3, 0.4) is 0 Å². The summed E-state index contributed by atoms with van der Waals surface area (Å²) in [5.41, 5.74) is 0.428. The van der Waals surface area contributed by atoms with Gasteiger partial charge in [-0.05, 0) is 43.0 Å². The highest BCUT2D eigenvalue weighted by Crippen LogP contribution is 2.51. The maximum Gasteiger partial charge on any atom is 0.338 e. The fraction of sp³-hybridized carbons (Fsp3) is 0.429. The van der Waals surface area contributed by atoms with Crippen molar-refractivity contribution in [2.75, 3.05) is 7.11 Å². The van der Waals surface area contributed by atoms with Crippen molar-refractivity contribution in [3.8, 4) is 0 Å². The zero-order valence-corrected chi connectivity index (χ0v) is 10.8. The van der Waals surface area contributed by atoms with Crippen LogP contribution in [0.4, 0.5) is 4.39 Å². The van der Waals surface area contributed by atoms with E-state index in [0.717, 1.165) is 0 Å². The van der Waals surface area contributed by atoms with Gasteiger partial charge in [0.15, 0.2) is 0 Å². The molecule has 0 amide bonds. The molecule has 1 aliphatic carbocycles. The van der Waals surface area contributed by atoms with E-state index in [-0.39, 0.29) is 17.5 Å². The van der Waals surface area contributed by atoms with Crippen LogP contribution in [-0.4, -0.2) is 24.2 Å². The van der Waals surface area contributed by atoms with Gasteiger partial charge < -0.3 is 9.84 Å². The number of carboxylic acids is 1. The Morgan fingerprint density at radius 1 is 1.42 bits per heavy atom. The zero-order valence-electron chi connectivity index (χ0n) is 10.8. The van der Waals surface area contributed by atoms with Crippen molar-refractivity contribution < 1.29 is 23.8 Å². The molecule has 0 bridgehead atoms. The molecule has 1 N–H and O–H groups in total. The normalized spacial score (nSPS) is 15.9. The number of ether oxygens (including phenoxy) is 1.